The van der Waals surface area contributed by atoms with Crippen LogP contribution in [0.25, 0.3) is 0 Å². The van der Waals surface area contributed by atoms with Crippen LogP contribution in [0.1, 0.15) is 0 Å². The summed E-state index contributed by atoms with van der Waals surface area (Å²) in [5.41, 5.74) is 4.28. The predicted molar refractivity (Wildman–Crippen MR) is 28.6 cm³/mol. The van der Waals surface area contributed by atoms with Crippen molar-refractivity contribution in [3.8, 4) is 0 Å². The number of rotatable bonds is 2. The lowest BCUT2D eigenvalue weighted by atomic mass is 11.2. The predicted octanol–water partition coefficient (Wildman–Crippen LogP) is -1.82. The Labute approximate surface area is 55.3 Å². The lowest BCUT2D eigenvalue weighted by molar-refractivity contribution is -0.306. The summed E-state index contributed by atoms with van der Waals surface area (Å²) in [6.07, 6.45) is 0. The van der Waals surface area contributed by atoms with Crippen molar-refractivity contribution in [2.24, 2.45) is 5.73 Å². The zero-order chi connectivity index (χ0) is 8.36. The number of amides is 2. The molecule has 0 saturated carbocycles. The highest BCUT2D eigenvalue weighted by Crippen LogP contribution is 1.81. The molecule has 9 heteroatoms. The molecule has 0 fully saturated rings. The van der Waals surface area contributed by atoms with Gasteiger partial charge in [-0.05, 0) is 0 Å². The third-order valence-corrected chi connectivity index (χ3v) is 1.28. The number of nitrogens with one attached hydrogen (secondary N) is 1. The van der Waals surface area contributed by atoms with Crippen molar-refractivity contribution in [3.05, 3.63) is 10.1 Å². The molecule has 8 nitrogen and oxygen atoms in total. The zero-order valence-corrected chi connectivity index (χ0v) is 5.29. The van der Waals surface area contributed by atoms with Crippen molar-refractivity contribution < 1.29 is 17.5 Å². The van der Waals surface area contributed by atoms with Crippen molar-refractivity contribution in [1.29, 1.82) is 0 Å². The smallest absolute Gasteiger partial charge is 0.351 e. The van der Waals surface area contributed by atoms with Gasteiger partial charge in [0.25, 0.3) is 0 Å². The average Bonchev–Trinajstić information content (AvgIpc) is 1.60. The molecule has 3 N–H and O–H groups in total. The third kappa shape index (κ3) is 2.26. The van der Waals surface area contributed by atoms with Crippen LogP contribution in [-0.4, -0.2) is 18.8 Å². The molecule has 2 amide bonds. The zero-order valence-electron chi connectivity index (χ0n) is 4.47. The highest BCUT2D eigenvalue weighted by atomic mass is 32.2. The van der Waals surface area contributed by atoms with Crippen LogP contribution in [-0.2, 0) is 10.2 Å². The summed E-state index contributed by atoms with van der Waals surface area (Å²) in [6, 6.07) is -1.49. The minimum absolute atomic E-state index is 0.931. The van der Waals surface area contributed by atoms with E-state index >= 15 is 0 Å². The van der Waals surface area contributed by atoms with Crippen LogP contribution < -0.4 is 10.5 Å². The molecule has 0 atom stereocenters. The molecular weight excluding hydrogens is 166 g/mol. The van der Waals surface area contributed by atoms with E-state index in [2.05, 4.69) is 5.73 Å². The van der Waals surface area contributed by atoms with Gasteiger partial charge in [-0.1, -0.05) is 0 Å². The summed E-state index contributed by atoms with van der Waals surface area (Å²) in [6.45, 7) is 0. The molecule has 0 bridgehead atoms. The fourth-order valence-electron chi connectivity index (χ4n) is 0.164. The van der Waals surface area contributed by atoms with Gasteiger partial charge in [0.2, 0.25) is 0 Å². The molecule has 0 radical (unpaired) electrons. The van der Waals surface area contributed by atoms with Gasteiger partial charge >= 0.3 is 16.2 Å². The van der Waals surface area contributed by atoms with E-state index < -0.39 is 20.6 Å². The molecule has 58 valence electrons. The number of carbonyl (C=O) groups excluding carboxylic acids is 1. The van der Waals surface area contributed by atoms with Gasteiger partial charge in [-0.25, -0.2) is 14.9 Å². The summed E-state index contributed by atoms with van der Waals surface area (Å²) < 4.78 is 19.3. The van der Waals surface area contributed by atoms with Gasteiger partial charge in [0, 0.05) is 0 Å². The summed E-state index contributed by atoms with van der Waals surface area (Å²) in [4.78, 5) is 19.3. The first-order valence-corrected chi connectivity index (χ1v) is 3.27. The maximum Gasteiger partial charge on any atom is 0.525 e. The van der Waals surface area contributed by atoms with E-state index in [1.54, 1.807) is 0 Å². The van der Waals surface area contributed by atoms with Crippen LogP contribution in [0, 0.1) is 10.1 Å². The number of nitrogens with two attached hydrogens (primary N) is 1. The van der Waals surface area contributed by atoms with Crippen LogP contribution in [0.3, 0.4) is 0 Å². The highest BCUT2D eigenvalue weighted by molar-refractivity contribution is 7.84. The minimum Gasteiger partial charge on any atom is -0.351 e. The quantitative estimate of drug-likeness (QED) is 0.370. The number of carbonyl (C=O) groups is 1. The van der Waals surface area contributed by atoms with E-state index in [4.69, 9.17) is 0 Å². The van der Waals surface area contributed by atoms with Crippen molar-refractivity contribution in [2.75, 3.05) is 0 Å². The third-order valence-electron chi connectivity index (χ3n) is 0.426. The Hall–Kier alpha value is -1.38. The average molecular weight is 169 g/mol. The second kappa shape index (κ2) is 2.47. The molecule has 0 aliphatic rings. The van der Waals surface area contributed by atoms with E-state index in [-0.39, 0.29) is 0 Å². The van der Waals surface area contributed by atoms with Crippen molar-refractivity contribution >= 4 is 16.2 Å². The molecule has 0 aromatic heterocycles. The minimum atomic E-state index is -4.80. The number of hydrogen-bond acceptors (Lipinski definition) is 5. The number of primary amides is 1. The second-order valence-corrected chi connectivity index (χ2v) is 2.62. The van der Waals surface area contributed by atoms with Crippen LogP contribution in [0.5, 0.6) is 0 Å². The van der Waals surface area contributed by atoms with E-state index in [0.717, 1.165) is 4.72 Å². The Morgan fingerprint density at radius 2 is 2.00 bits per heavy atom. The van der Waals surface area contributed by atoms with Crippen molar-refractivity contribution in [3.63, 3.8) is 0 Å². The summed E-state index contributed by atoms with van der Waals surface area (Å²) >= 11 is 0. The normalized spacial score (nSPS) is 10.4. The van der Waals surface area contributed by atoms with Gasteiger partial charge in [-0.3, -0.25) is 0 Å². The van der Waals surface area contributed by atoms with Crippen molar-refractivity contribution in [2.45, 2.75) is 0 Å². The second-order valence-electron chi connectivity index (χ2n) is 1.16. The van der Waals surface area contributed by atoms with Crippen LogP contribution in [0.4, 0.5) is 4.79 Å². The fraction of sp³-hybridized carbons (Fsp3) is 0. The van der Waals surface area contributed by atoms with Crippen LogP contribution in [0.2, 0.25) is 0 Å². The topological polar surface area (TPSA) is 132 Å². The Morgan fingerprint density at radius 3 is 2.10 bits per heavy atom. The lowest BCUT2D eigenvalue weighted by Gasteiger charge is -1.91. The first kappa shape index (κ1) is 8.62. The number of nitro groups is 1. The Kier molecular flexibility index (Phi) is 2.13. The van der Waals surface area contributed by atoms with Crippen LogP contribution >= 0.6 is 0 Å². The van der Waals surface area contributed by atoms with Crippen molar-refractivity contribution in [1.82, 2.24) is 4.72 Å². The number of urea groups is 1. The number of nitrogens with zero attached hydrogens (tertiary/aromatic N) is 1. The first-order chi connectivity index (χ1) is 4.36. The molecule has 0 spiro atoms. The molecule has 0 heterocycles. The number of hydrogen-bond donors (Lipinski definition) is 2. The molecule has 0 aromatic rings. The molecule has 0 aliphatic heterocycles. The molecule has 10 heavy (non-hydrogen) atoms. The Bertz CT molecular complexity index is 252. The van der Waals surface area contributed by atoms with E-state index in [0.29, 0.717) is 0 Å². The van der Waals surface area contributed by atoms with Gasteiger partial charge in [-0.15, -0.1) is 8.42 Å². The molecular formula is CH3N3O5S. The standard InChI is InChI=1S/CH3N3O5S/c2-1(5)3-10(8,9)4(6)7/h(H3,2,3,5). The fourth-order valence-corrected chi connectivity index (χ4v) is 0.493. The Morgan fingerprint density at radius 1 is 1.60 bits per heavy atom. The SMILES string of the molecule is NC(=O)NS(=O)(=O)[N+](=O)[O-]. The highest BCUT2D eigenvalue weighted by Gasteiger charge is 2.24. The van der Waals surface area contributed by atoms with Gasteiger partial charge < -0.3 is 5.73 Å². The van der Waals surface area contributed by atoms with E-state index in [9.17, 15) is 23.3 Å². The first-order valence-electron chi connectivity index (χ1n) is 1.83. The molecule has 0 aromatic carbocycles. The summed E-state index contributed by atoms with van der Waals surface area (Å²) in [5, 5.41) is 9.50. The molecule has 0 aliphatic carbocycles. The van der Waals surface area contributed by atoms with Gasteiger partial charge in [-0.2, -0.15) is 4.72 Å². The molecule has 0 unspecified atom stereocenters. The maximum atomic E-state index is 10.0. The monoisotopic (exact) mass is 169 g/mol. The van der Waals surface area contributed by atoms with Crippen LogP contribution in [0.15, 0.2) is 0 Å². The molecule has 0 saturated heterocycles. The summed E-state index contributed by atoms with van der Waals surface area (Å²) in [7, 11) is -4.80. The van der Waals surface area contributed by atoms with Gasteiger partial charge in [0.15, 0.2) is 4.33 Å². The van der Waals surface area contributed by atoms with Gasteiger partial charge in [0.1, 0.15) is 0 Å². The lowest BCUT2D eigenvalue weighted by Crippen LogP contribution is -2.38. The van der Waals surface area contributed by atoms with E-state index in [1.165, 1.54) is 0 Å². The van der Waals surface area contributed by atoms with E-state index in [1.807, 2.05) is 0 Å². The molecule has 0 rings (SSSR count). The van der Waals surface area contributed by atoms with Gasteiger partial charge in [0.05, 0.1) is 0 Å². The maximum absolute atomic E-state index is 10.0. The summed E-state index contributed by atoms with van der Waals surface area (Å²) in [5.74, 6) is 0. The largest absolute Gasteiger partial charge is 0.525 e. The Balaban J connectivity index is 4.46.